The van der Waals surface area contributed by atoms with Gasteiger partial charge in [-0.05, 0) is 5.53 Å². The van der Waals surface area contributed by atoms with E-state index in [0.29, 0.717) is 5.56 Å². The monoisotopic (exact) mass is 213 g/mol. The van der Waals surface area contributed by atoms with Gasteiger partial charge in [0.15, 0.2) is 0 Å². The summed E-state index contributed by atoms with van der Waals surface area (Å²) in [6.45, 7) is 1.64. The Bertz CT molecular complexity index is 448. The van der Waals surface area contributed by atoms with Crippen molar-refractivity contribution < 1.29 is 0 Å². The van der Waals surface area contributed by atoms with Gasteiger partial charge in [-0.15, -0.1) is 0 Å². The molecule has 1 aromatic heterocycles. The summed E-state index contributed by atoms with van der Waals surface area (Å²) in [5.74, 6) is 0. The van der Waals surface area contributed by atoms with Crippen molar-refractivity contribution in [1.29, 1.82) is 0 Å². The van der Waals surface area contributed by atoms with Crippen molar-refractivity contribution in [3.63, 3.8) is 0 Å². The standard InChI is InChI=1S/C7H8ClN5O/c1-4(11-12-9)5-3-10-13(2)7(14)6(5)8/h3-4H,1-2H3. The first-order valence-corrected chi connectivity index (χ1v) is 4.21. The van der Waals surface area contributed by atoms with Crippen molar-refractivity contribution in [2.24, 2.45) is 12.2 Å². The Morgan fingerprint density at radius 3 is 3.00 bits per heavy atom. The molecule has 0 aromatic carbocycles. The Morgan fingerprint density at radius 1 is 1.79 bits per heavy atom. The fraction of sp³-hybridized carbons (Fsp3) is 0.429. The molecular formula is C7H8ClN5O. The van der Waals surface area contributed by atoms with Crippen molar-refractivity contribution >= 4 is 11.6 Å². The molecule has 0 radical (unpaired) electrons. The summed E-state index contributed by atoms with van der Waals surface area (Å²) in [6, 6.07) is -0.492. The quantitative estimate of drug-likeness (QED) is 0.426. The smallest absolute Gasteiger partial charge is 0.266 e. The molecular weight excluding hydrogens is 206 g/mol. The molecule has 1 heterocycles. The zero-order chi connectivity index (χ0) is 10.7. The number of aryl methyl sites for hydroxylation is 1. The van der Waals surface area contributed by atoms with Gasteiger partial charge < -0.3 is 0 Å². The lowest BCUT2D eigenvalue weighted by Crippen LogP contribution is -2.21. The van der Waals surface area contributed by atoms with Gasteiger partial charge in [0, 0.05) is 17.5 Å². The second-order valence-corrected chi connectivity index (χ2v) is 3.10. The third kappa shape index (κ3) is 1.86. The Labute approximate surface area is 84.7 Å². The van der Waals surface area contributed by atoms with Crippen molar-refractivity contribution in [2.45, 2.75) is 13.0 Å². The highest BCUT2D eigenvalue weighted by atomic mass is 35.5. The fourth-order valence-electron chi connectivity index (χ4n) is 0.954. The molecule has 0 aliphatic carbocycles. The second-order valence-electron chi connectivity index (χ2n) is 2.72. The van der Waals surface area contributed by atoms with Crippen molar-refractivity contribution in [3.8, 4) is 0 Å². The molecule has 0 N–H and O–H groups in total. The lowest BCUT2D eigenvalue weighted by Gasteiger charge is -2.06. The number of azide groups is 1. The molecule has 6 nitrogen and oxygen atoms in total. The van der Waals surface area contributed by atoms with E-state index in [1.54, 1.807) is 6.92 Å². The maximum Gasteiger partial charge on any atom is 0.285 e. The van der Waals surface area contributed by atoms with Crippen LogP contribution in [0.25, 0.3) is 10.4 Å². The molecule has 0 bridgehead atoms. The van der Waals surface area contributed by atoms with Gasteiger partial charge in [-0.1, -0.05) is 23.6 Å². The molecule has 14 heavy (non-hydrogen) atoms. The Kier molecular flexibility index (Phi) is 3.11. The average Bonchev–Trinajstić information content (AvgIpc) is 2.15. The van der Waals surface area contributed by atoms with E-state index in [-0.39, 0.29) is 5.02 Å². The molecule has 1 unspecified atom stereocenters. The van der Waals surface area contributed by atoms with Gasteiger partial charge in [0.05, 0.1) is 12.2 Å². The Balaban J connectivity index is 3.31. The van der Waals surface area contributed by atoms with Gasteiger partial charge in [0.25, 0.3) is 5.56 Å². The highest BCUT2D eigenvalue weighted by molar-refractivity contribution is 6.31. The number of hydrogen-bond acceptors (Lipinski definition) is 3. The summed E-state index contributed by atoms with van der Waals surface area (Å²) < 4.78 is 1.12. The predicted molar refractivity (Wildman–Crippen MR) is 52.0 cm³/mol. The molecule has 1 atom stereocenters. The van der Waals surface area contributed by atoms with Gasteiger partial charge in [0.1, 0.15) is 5.02 Å². The van der Waals surface area contributed by atoms with Crippen LogP contribution in [-0.2, 0) is 7.05 Å². The second kappa shape index (κ2) is 4.13. The van der Waals surface area contributed by atoms with Crippen molar-refractivity contribution in [2.75, 3.05) is 0 Å². The minimum Gasteiger partial charge on any atom is -0.266 e. The van der Waals surface area contributed by atoms with E-state index in [4.69, 9.17) is 17.1 Å². The van der Waals surface area contributed by atoms with Crippen LogP contribution >= 0.6 is 11.6 Å². The van der Waals surface area contributed by atoms with E-state index in [1.807, 2.05) is 0 Å². The van der Waals surface area contributed by atoms with E-state index in [2.05, 4.69) is 15.1 Å². The van der Waals surface area contributed by atoms with E-state index >= 15 is 0 Å². The van der Waals surface area contributed by atoms with Crippen LogP contribution in [0.4, 0.5) is 0 Å². The Morgan fingerprint density at radius 2 is 2.43 bits per heavy atom. The molecule has 0 saturated carbocycles. The molecule has 0 spiro atoms. The van der Waals surface area contributed by atoms with Gasteiger partial charge in [-0.25, -0.2) is 4.68 Å². The summed E-state index contributed by atoms with van der Waals surface area (Å²) in [5, 5.41) is 7.26. The first-order valence-electron chi connectivity index (χ1n) is 3.84. The number of hydrogen-bond donors (Lipinski definition) is 0. The minimum absolute atomic E-state index is 0.0439. The van der Waals surface area contributed by atoms with Crippen LogP contribution in [0, 0.1) is 0 Å². The van der Waals surface area contributed by atoms with Crippen LogP contribution in [0.2, 0.25) is 5.02 Å². The van der Waals surface area contributed by atoms with Crippen LogP contribution in [0.5, 0.6) is 0 Å². The lowest BCUT2D eigenvalue weighted by molar-refractivity contribution is 0.684. The highest BCUT2D eigenvalue weighted by Crippen LogP contribution is 2.21. The molecule has 0 amide bonds. The molecule has 0 fully saturated rings. The summed E-state index contributed by atoms with van der Waals surface area (Å²) in [7, 11) is 1.50. The third-order valence-corrected chi connectivity index (χ3v) is 2.16. The van der Waals surface area contributed by atoms with Crippen LogP contribution in [0.15, 0.2) is 16.1 Å². The summed E-state index contributed by atoms with van der Waals surface area (Å²) in [5.41, 5.74) is 8.26. The lowest BCUT2D eigenvalue weighted by atomic mass is 10.2. The predicted octanol–water partition coefficient (Wildman–Crippen LogP) is 1.80. The topological polar surface area (TPSA) is 83.7 Å². The minimum atomic E-state index is -0.492. The van der Waals surface area contributed by atoms with E-state index < -0.39 is 11.6 Å². The zero-order valence-electron chi connectivity index (χ0n) is 7.68. The van der Waals surface area contributed by atoms with Gasteiger partial charge in [-0.3, -0.25) is 4.79 Å². The SMILES string of the molecule is CC(N=[N+]=[N-])c1cnn(C)c(=O)c1Cl. The average molecular weight is 214 g/mol. The molecule has 74 valence electrons. The van der Waals surface area contributed by atoms with Gasteiger partial charge >= 0.3 is 0 Å². The van der Waals surface area contributed by atoms with Crippen LogP contribution in [-0.4, -0.2) is 9.78 Å². The number of nitrogens with zero attached hydrogens (tertiary/aromatic N) is 5. The first kappa shape index (κ1) is 10.6. The number of aromatic nitrogens is 2. The van der Waals surface area contributed by atoms with Crippen LogP contribution < -0.4 is 5.56 Å². The zero-order valence-corrected chi connectivity index (χ0v) is 8.43. The normalized spacial score (nSPS) is 11.9. The first-order chi connectivity index (χ1) is 6.57. The van der Waals surface area contributed by atoms with E-state index in [9.17, 15) is 4.79 Å². The molecule has 0 saturated heterocycles. The molecule has 7 heteroatoms. The summed E-state index contributed by atoms with van der Waals surface area (Å²) in [4.78, 5) is 14.0. The fourth-order valence-corrected chi connectivity index (χ4v) is 1.28. The molecule has 0 aliphatic rings. The van der Waals surface area contributed by atoms with Crippen LogP contribution in [0.3, 0.4) is 0 Å². The summed E-state index contributed by atoms with van der Waals surface area (Å²) >= 11 is 5.77. The van der Waals surface area contributed by atoms with E-state index in [1.165, 1.54) is 13.2 Å². The summed E-state index contributed by atoms with van der Waals surface area (Å²) in [6.07, 6.45) is 1.42. The Hall–Kier alpha value is -1.52. The van der Waals surface area contributed by atoms with Crippen molar-refractivity contribution in [3.05, 3.63) is 37.6 Å². The molecule has 1 rings (SSSR count). The third-order valence-electron chi connectivity index (χ3n) is 1.78. The molecule has 1 aromatic rings. The van der Waals surface area contributed by atoms with Crippen LogP contribution in [0.1, 0.15) is 18.5 Å². The van der Waals surface area contributed by atoms with Gasteiger partial charge in [0.2, 0.25) is 0 Å². The number of halogens is 1. The maximum absolute atomic E-state index is 11.3. The maximum atomic E-state index is 11.3. The number of rotatable bonds is 2. The van der Waals surface area contributed by atoms with E-state index in [0.717, 1.165) is 4.68 Å². The molecule has 0 aliphatic heterocycles. The van der Waals surface area contributed by atoms with Gasteiger partial charge in [-0.2, -0.15) is 5.10 Å². The largest absolute Gasteiger partial charge is 0.285 e. The van der Waals surface area contributed by atoms with Crippen molar-refractivity contribution in [1.82, 2.24) is 9.78 Å². The highest BCUT2D eigenvalue weighted by Gasteiger charge is 2.12.